The number of guanidine groups is 1. The fraction of sp³-hybridized carbons (Fsp3) is 0.541. The van der Waals surface area contributed by atoms with E-state index in [9.17, 15) is 19.2 Å². The van der Waals surface area contributed by atoms with Crippen molar-refractivity contribution >= 4 is 29.7 Å². The third-order valence-electron chi connectivity index (χ3n) is 11.5. The fourth-order valence-electron chi connectivity index (χ4n) is 8.98. The zero-order valence-corrected chi connectivity index (χ0v) is 31.3. The molecule has 16 heteroatoms. The van der Waals surface area contributed by atoms with Gasteiger partial charge in [-0.25, -0.2) is 4.79 Å². The summed E-state index contributed by atoms with van der Waals surface area (Å²) in [6.45, 7) is 2.12. The van der Waals surface area contributed by atoms with Gasteiger partial charge >= 0.3 is 6.09 Å². The molecule has 4 aliphatic rings. The Morgan fingerprint density at radius 3 is 2.62 bits per heavy atom. The number of Topliss-reactive ketones (excluding diaryl/α,β-unsaturated/α-hetero) is 1. The van der Waals surface area contributed by atoms with E-state index in [0.717, 1.165) is 48.1 Å². The van der Waals surface area contributed by atoms with Gasteiger partial charge in [0.1, 0.15) is 18.3 Å². The molecule has 2 aromatic carbocycles. The number of methoxy groups -OCH3 is 1. The zero-order chi connectivity index (χ0) is 37.2. The van der Waals surface area contributed by atoms with Crippen molar-refractivity contribution in [1.29, 1.82) is 0 Å². The van der Waals surface area contributed by atoms with Crippen LogP contribution in [0.15, 0.2) is 41.4 Å². The molecule has 288 valence electrons. The van der Waals surface area contributed by atoms with E-state index in [1.807, 2.05) is 30.3 Å². The van der Waals surface area contributed by atoms with Crippen LogP contribution in [0.1, 0.15) is 48.8 Å². The number of benzene rings is 2. The number of likely N-dealkylation sites (N-methyl/N-ethyl adjacent to an activating group) is 2. The lowest BCUT2D eigenvalue weighted by Crippen LogP contribution is -3.00. The van der Waals surface area contributed by atoms with Gasteiger partial charge in [0, 0.05) is 63.0 Å². The zero-order valence-electron chi connectivity index (χ0n) is 30.6. The molecule has 15 nitrogen and oxygen atoms in total. The maximum atomic E-state index is 13.3. The summed E-state index contributed by atoms with van der Waals surface area (Å²) in [5.41, 5.74) is 19.4. The van der Waals surface area contributed by atoms with E-state index < -0.39 is 30.1 Å². The van der Waals surface area contributed by atoms with Crippen molar-refractivity contribution < 1.29 is 50.3 Å². The standard InChI is InChI=1S/C37H50N8O7.ClH/c1-44(17-16-41-34(48)26(43-30(47)20-38)5-4-15-42-35(39)40)36(49)51-24-9-6-22(7-10-24)21-45(2)18-14-37-25-11-12-28(46)33(37)52-32-29(50-3)13-8-23(31(32)37)19-27(25)45;/h6-10,13,25-27,33H,4-5,11-12,14-21,38H2,1-3H3,(H5-,39,40,41,42,43,47,48);1H/t25?,26-,27?,33?,37?,45?;/m0./s1. The second kappa shape index (κ2) is 16.2. The number of rotatable bonds is 14. The predicted octanol–water partition coefficient (Wildman–Crippen LogP) is -2.30. The second-order valence-electron chi connectivity index (χ2n) is 14.7. The van der Waals surface area contributed by atoms with Gasteiger partial charge in [0.15, 0.2) is 29.3 Å². The molecular weight excluding hydrogens is 704 g/mol. The first-order chi connectivity index (χ1) is 24.9. The Labute approximate surface area is 315 Å². The normalized spacial score (nSPS) is 25.1. The highest BCUT2D eigenvalue weighted by Crippen LogP contribution is 2.64. The van der Waals surface area contributed by atoms with Crippen LogP contribution >= 0.6 is 0 Å². The van der Waals surface area contributed by atoms with Gasteiger partial charge in [-0.3, -0.25) is 19.4 Å². The van der Waals surface area contributed by atoms with Crippen molar-refractivity contribution in [1.82, 2.24) is 15.5 Å². The minimum Gasteiger partial charge on any atom is -1.00 e. The predicted molar refractivity (Wildman–Crippen MR) is 193 cm³/mol. The average molecular weight is 755 g/mol. The Kier molecular flexibility index (Phi) is 12.1. The van der Waals surface area contributed by atoms with E-state index in [1.54, 1.807) is 14.2 Å². The molecule has 6 rings (SSSR count). The molecule has 2 heterocycles. The van der Waals surface area contributed by atoms with Crippen LogP contribution in [-0.4, -0.2) is 111 Å². The van der Waals surface area contributed by atoms with Crippen LogP contribution < -0.4 is 54.5 Å². The van der Waals surface area contributed by atoms with Crippen molar-refractivity contribution in [2.75, 3.05) is 53.9 Å². The van der Waals surface area contributed by atoms with Gasteiger partial charge in [-0.1, -0.05) is 6.07 Å². The Morgan fingerprint density at radius 2 is 1.92 bits per heavy atom. The summed E-state index contributed by atoms with van der Waals surface area (Å²) in [7, 11) is 5.57. The smallest absolute Gasteiger partial charge is 0.415 e. The van der Waals surface area contributed by atoms with Gasteiger partial charge in [0.25, 0.3) is 0 Å². The van der Waals surface area contributed by atoms with Crippen LogP contribution in [0.3, 0.4) is 0 Å². The lowest BCUT2D eigenvalue weighted by Gasteiger charge is -2.60. The lowest BCUT2D eigenvalue weighted by molar-refractivity contribution is -0.957. The first-order valence-electron chi connectivity index (χ1n) is 18.0. The maximum Gasteiger partial charge on any atom is 0.415 e. The molecule has 2 aliphatic carbocycles. The third-order valence-corrected chi connectivity index (χ3v) is 11.5. The summed E-state index contributed by atoms with van der Waals surface area (Å²) in [6.07, 6.45) is 2.97. The van der Waals surface area contributed by atoms with E-state index in [4.69, 9.17) is 31.4 Å². The molecule has 2 aromatic rings. The summed E-state index contributed by atoms with van der Waals surface area (Å²) in [4.78, 5) is 56.1. The Balaban J connectivity index is 0.00000541. The van der Waals surface area contributed by atoms with Crippen molar-refractivity contribution in [2.24, 2.45) is 28.1 Å². The number of hydrogen-bond donors (Lipinski definition) is 5. The molecular formula is C37H51ClN8O7. The number of carbonyl (C=O) groups excluding carboxylic acids is 4. The first kappa shape index (κ1) is 39.6. The van der Waals surface area contributed by atoms with Gasteiger partial charge in [0.05, 0.1) is 38.7 Å². The summed E-state index contributed by atoms with van der Waals surface area (Å²) in [6, 6.07) is 11.3. The van der Waals surface area contributed by atoms with E-state index >= 15 is 0 Å². The number of ketones is 1. The monoisotopic (exact) mass is 754 g/mol. The van der Waals surface area contributed by atoms with E-state index in [0.29, 0.717) is 49.3 Å². The summed E-state index contributed by atoms with van der Waals surface area (Å²) in [5, 5.41) is 5.35. The van der Waals surface area contributed by atoms with Crippen molar-refractivity contribution in [3.63, 3.8) is 0 Å². The van der Waals surface area contributed by atoms with E-state index in [1.165, 1.54) is 16.0 Å². The minimum atomic E-state index is -0.817. The molecule has 2 bridgehead atoms. The number of halogens is 1. The number of piperidine rings is 1. The third kappa shape index (κ3) is 7.73. The largest absolute Gasteiger partial charge is 1.00 e. The number of amides is 3. The number of nitrogens with zero attached hydrogens (tertiary/aromatic N) is 3. The number of hydrogen-bond acceptors (Lipinski definition) is 9. The number of aliphatic imine (C=N–C) groups is 1. The quantitative estimate of drug-likeness (QED) is 0.0602. The molecule has 0 radical (unpaired) electrons. The highest BCUT2D eigenvalue weighted by Gasteiger charge is 2.69. The molecule has 1 saturated carbocycles. The number of ether oxygens (including phenoxy) is 3. The molecule has 0 aromatic heterocycles. The maximum absolute atomic E-state index is 13.3. The van der Waals surface area contributed by atoms with Crippen LogP contribution in [-0.2, 0) is 32.8 Å². The molecule has 53 heavy (non-hydrogen) atoms. The molecule has 1 spiro atoms. The summed E-state index contributed by atoms with van der Waals surface area (Å²) < 4.78 is 18.6. The number of carbonyl (C=O) groups is 4. The number of nitrogens with one attached hydrogen (secondary N) is 2. The minimum absolute atomic E-state index is 0. The van der Waals surface area contributed by atoms with Gasteiger partial charge < -0.3 is 63.8 Å². The Bertz CT molecular complexity index is 1740. The molecule has 1 saturated heterocycles. The van der Waals surface area contributed by atoms with Crippen LogP contribution in [0.5, 0.6) is 17.2 Å². The van der Waals surface area contributed by atoms with E-state index in [-0.39, 0.29) is 49.2 Å². The van der Waals surface area contributed by atoms with Gasteiger partial charge in [-0.15, -0.1) is 0 Å². The molecule has 5 unspecified atom stereocenters. The van der Waals surface area contributed by atoms with Crippen molar-refractivity contribution in [2.45, 2.75) is 68.7 Å². The van der Waals surface area contributed by atoms with Gasteiger partial charge in [-0.05, 0) is 55.2 Å². The molecule has 6 atom stereocenters. The SMILES string of the molecule is COc1ccc2c3c1OC1C(=O)CCC4C(C2)[N+](C)(Cc2ccc(OC(=O)N(C)CCNC(=O)[C@H](CCCN=C(N)N)NC(=O)CN)cc2)CCC314.[Cl-]. The van der Waals surface area contributed by atoms with Gasteiger partial charge in [0.2, 0.25) is 11.8 Å². The van der Waals surface area contributed by atoms with Crippen molar-refractivity contribution in [3.8, 4) is 17.2 Å². The van der Waals surface area contributed by atoms with Crippen LogP contribution in [0, 0.1) is 5.92 Å². The summed E-state index contributed by atoms with van der Waals surface area (Å²) in [5.74, 6) is 1.52. The first-order valence-corrected chi connectivity index (χ1v) is 18.0. The molecule has 3 amide bonds. The number of nitrogens with two attached hydrogens (primary N) is 3. The van der Waals surface area contributed by atoms with Crippen LogP contribution in [0.4, 0.5) is 4.79 Å². The summed E-state index contributed by atoms with van der Waals surface area (Å²) >= 11 is 0. The van der Waals surface area contributed by atoms with Crippen LogP contribution in [0.2, 0.25) is 0 Å². The Hall–Kier alpha value is -4.60. The Morgan fingerprint density at radius 1 is 1.17 bits per heavy atom. The number of quaternary nitrogens is 1. The highest BCUT2D eigenvalue weighted by atomic mass is 35.5. The number of likely N-dealkylation sites (tertiary alicyclic amines) is 1. The second-order valence-corrected chi connectivity index (χ2v) is 14.7. The molecule has 2 aliphatic heterocycles. The van der Waals surface area contributed by atoms with Crippen molar-refractivity contribution in [3.05, 3.63) is 53.1 Å². The van der Waals surface area contributed by atoms with Crippen LogP contribution in [0.25, 0.3) is 0 Å². The lowest BCUT2D eigenvalue weighted by atomic mass is 9.51. The van der Waals surface area contributed by atoms with E-state index in [2.05, 4.69) is 28.7 Å². The van der Waals surface area contributed by atoms with Gasteiger partial charge in [-0.2, -0.15) is 0 Å². The molecule has 8 N–H and O–H groups in total. The molecule has 2 fully saturated rings. The fourth-order valence-corrected chi connectivity index (χ4v) is 8.98. The highest BCUT2D eigenvalue weighted by molar-refractivity contribution is 5.89. The topological polar surface area (TPSA) is 214 Å². The average Bonchev–Trinajstić information content (AvgIpc) is 3.48.